The number of carbonyl (C=O) groups excluding carboxylic acids is 1. The maximum absolute atomic E-state index is 13.2. The van der Waals surface area contributed by atoms with Gasteiger partial charge in [-0.3, -0.25) is 4.79 Å². The standard InChI is InChI=1S/C20H26FNO2/c21-17-3-1-2-14(7-17)4-5-22-18(23)12-19-8-15-6-16(9-19)11-20(24,10-15)13-19/h1-3,7,15-16,24H,4-6,8-13H2,(H,22,23). The molecule has 0 radical (unpaired) electrons. The molecular weight excluding hydrogens is 305 g/mol. The predicted molar refractivity (Wildman–Crippen MR) is 89.8 cm³/mol. The van der Waals surface area contributed by atoms with Gasteiger partial charge in [-0.15, -0.1) is 0 Å². The van der Waals surface area contributed by atoms with Crippen molar-refractivity contribution in [1.29, 1.82) is 0 Å². The second kappa shape index (κ2) is 5.83. The molecule has 4 bridgehead atoms. The smallest absolute Gasteiger partial charge is 0.220 e. The molecular formula is C20H26FNO2. The summed E-state index contributed by atoms with van der Waals surface area (Å²) in [4.78, 5) is 12.4. The zero-order valence-electron chi connectivity index (χ0n) is 14.1. The van der Waals surface area contributed by atoms with Gasteiger partial charge < -0.3 is 10.4 Å². The van der Waals surface area contributed by atoms with Crippen LogP contribution in [0.25, 0.3) is 0 Å². The Balaban J connectivity index is 1.32. The third kappa shape index (κ3) is 3.21. The fourth-order valence-corrected chi connectivity index (χ4v) is 6.05. The van der Waals surface area contributed by atoms with E-state index < -0.39 is 5.60 Å². The molecule has 3 nitrogen and oxygen atoms in total. The summed E-state index contributed by atoms with van der Waals surface area (Å²) < 4.78 is 13.2. The Hall–Kier alpha value is -1.42. The summed E-state index contributed by atoms with van der Waals surface area (Å²) in [6.45, 7) is 0.537. The molecule has 4 saturated carbocycles. The third-order valence-electron chi connectivity index (χ3n) is 6.31. The second-order valence-corrected chi connectivity index (χ2v) is 8.59. The van der Waals surface area contributed by atoms with Crippen LogP contribution in [0.4, 0.5) is 4.39 Å². The van der Waals surface area contributed by atoms with Crippen molar-refractivity contribution in [3.63, 3.8) is 0 Å². The summed E-state index contributed by atoms with van der Waals surface area (Å²) in [6, 6.07) is 6.52. The van der Waals surface area contributed by atoms with Crippen molar-refractivity contribution in [3.05, 3.63) is 35.6 Å². The van der Waals surface area contributed by atoms with E-state index in [2.05, 4.69) is 5.32 Å². The van der Waals surface area contributed by atoms with Gasteiger partial charge in [0.05, 0.1) is 5.60 Å². The van der Waals surface area contributed by atoms with Crippen molar-refractivity contribution in [2.24, 2.45) is 17.3 Å². The fraction of sp³-hybridized carbons (Fsp3) is 0.650. The van der Waals surface area contributed by atoms with Gasteiger partial charge in [0.1, 0.15) is 5.82 Å². The first-order chi connectivity index (χ1) is 11.4. The van der Waals surface area contributed by atoms with Crippen molar-refractivity contribution in [2.75, 3.05) is 6.54 Å². The average Bonchev–Trinajstić information content (AvgIpc) is 2.43. The first-order valence-corrected chi connectivity index (χ1v) is 9.17. The largest absolute Gasteiger partial charge is 0.390 e. The third-order valence-corrected chi connectivity index (χ3v) is 6.31. The quantitative estimate of drug-likeness (QED) is 0.870. The monoisotopic (exact) mass is 331 g/mol. The van der Waals surface area contributed by atoms with Gasteiger partial charge in [-0.2, -0.15) is 0 Å². The Morgan fingerprint density at radius 1 is 1.25 bits per heavy atom. The summed E-state index contributed by atoms with van der Waals surface area (Å²) in [5, 5.41) is 13.8. The zero-order chi connectivity index (χ0) is 16.8. The molecule has 4 fully saturated rings. The van der Waals surface area contributed by atoms with Crippen LogP contribution in [0.2, 0.25) is 0 Å². The molecule has 1 amide bonds. The minimum Gasteiger partial charge on any atom is -0.390 e. The summed E-state index contributed by atoms with van der Waals surface area (Å²) in [7, 11) is 0. The fourth-order valence-electron chi connectivity index (χ4n) is 6.05. The van der Waals surface area contributed by atoms with E-state index in [9.17, 15) is 14.3 Å². The molecule has 0 aliphatic heterocycles. The van der Waals surface area contributed by atoms with Crippen molar-refractivity contribution in [1.82, 2.24) is 5.32 Å². The maximum atomic E-state index is 13.2. The molecule has 130 valence electrons. The molecule has 2 N–H and O–H groups in total. The molecule has 0 aromatic heterocycles. The predicted octanol–water partition coefficient (Wildman–Crippen LogP) is 3.21. The van der Waals surface area contributed by atoms with Crippen LogP contribution in [0.3, 0.4) is 0 Å². The minimum absolute atomic E-state index is 0.0156. The molecule has 4 heteroatoms. The Labute approximate surface area is 142 Å². The first kappa shape index (κ1) is 16.1. The molecule has 0 saturated heterocycles. The highest BCUT2D eigenvalue weighted by atomic mass is 19.1. The highest BCUT2D eigenvalue weighted by Gasteiger charge is 2.57. The Bertz CT molecular complexity index is 630. The molecule has 5 rings (SSSR count). The highest BCUT2D eigenvalue weighted by molar-refractivity contribution is 5.76. The first-order valence-electron chi connectivity index (χ1n) is 9.17. The molecule has 2 unspecified atom stereocenters. The van der Waals surface area contributed by atoms with E-state index in [4.69, 9.17) is 0 Å². The van der Waals surface area contributed by atoms with Gasteiger partial charge >= 0.3 is 0 Å². The van der Waals surface area contributed by atoms with Crippen LogP contribution >= 0.6 is 0 Å². The zero-order valence-corrected chi connectivity index (χ0v) is 14.1. The molecule has 4 aliphatic carbocycles. The summed E-state index contributed by atoms with van der Waals surface area (Å²) in [5.74, 6) is 1.06. The lowest BCUT2D eigenvalue weighted by Crippen LogP contribution is -2.56. The number of carbonyl (C=O) groups is 1. The second-order valence-electron chi connectivity index (χ2n) is 8.59. The van der Waals surface area contributed by atoms with E-state index in [1.807, 2.05) is 6.07 Å². The lowest BCUT2D eigenvalue weighted by atomic mass is 9.47. The van der Waals surface area contributed by atoms with Gasteiger partial charge in [-0.1, -0.05) is 12.1 Å². The highest BCUT2D eigenvalue weighted by Crippen LogP contribution is 2.62. The van der Waals surface area contributed by atoms with E-state index in [1.165, 1.54) is 18.6 Å². The van der Waals surface area contributed by atoms with Gasteiger partial charge in [-0.25, -0.2) is 4.39 Å². The van der Waals surface area contributed by atoms with Gasteiger partial charge in [0, 0.05) is 13.0 Å². The number of benzene rings is 1. The molecule has 2 atom stereocenters. The molecule has 1 aromatic rings. The normalized spacial score (nSPS) is 36.8. The number of halogens is 1. The van der Waals surface area contributed by atoms with Crippen LogP contribution in [-0.4, -0.2) is 23.2 Å². The van der Waals surface area contributed by atoms with E-state index in [0.29, 0.717) is 31.2 Å². The average molecular weight is 331 g/mol. The number of hydrogen-bond donors (Lipinski definition) is 2. The van der Waals surface area contributed by atoms with Crippen LogP contribution in [0.1, 0.15) is 50.5 Å². The molecule has 24 heavy (non-hydrogen) atoms. The van der Waals surface area contributed by atoms with Gasteiger partial charge in [0.15, 0.2) is 0 Å². The van der Waals surface area contributed by atoms with Crippen molar-refractivity contribution in [2.45, 2.75) is 57.0 Å². The van der Waals surface area contributed by atoms with Crippen LogP contribution < -0.4 is 5.32 Å². The molecule has 1 aromatic carbocycles. The van der Waals surface area contributed by atoms with Gasteiger partial charge in [-0.05, 0) is 79.9 Å². The van der Waals surface area contributed by atoms with E-state index in [1.54, 1.807) is 6.07 Å². The van der Waals surface area contributed by atoms with Crippen molar-refractivity contribution < 1.29 is 14.3 Å². The Kier molecular flexibility index (Phi) is 3.91. The van der Waals surface area contributed by atoms with E-state index in [0.717, 1.165) is 37.7 Å². The number of hydrogen-bond acceptors (Lipinski definition) is 2. The molecule has 0 spiro atoms. The van der Waals surface area contributed by atoms with Gasteiger partial charge in [0.25, 0.3) is 0 Å². The van der Waals surface area contributed by atoms with Crippen LogP contribution in [0.5, 0.6) is 0 Å². The van der Waals surface area contributed by atoms with Crippen LogP contribution in [-0.2, 0) is 11.2 Å². The lowest BCUT2D eigenvalue weighted by molar-refractivity contribution is -0.169. The minimum atomic E-state index is -0.508. The topological polar surface area (TPSA) is 49.3 Å². The number of rotatable bonds is 5. The summed E-state index contributed by atoms with van der Waals surface area (Å²) >= 11 is 0. The number of nitrogens with one attached hydrogen (secondary N) is 1. The maximum Gasteiger partial charge on any atom is 0.220 e. The Morgan fingerprint density at radius 3 is 2.67 bits per heavy atom. The molecule has 4 aliphatic rings. The molecule has 0 heterocycles. The van der Waals surface area contributed by atoms with Crippen LogP contribution in [0, 0.1) is 23.1 Å². The van der Waals surface area contributed by atoms with Crippen molar-refractivity contribution >= 4 is 5.91 Å². The van der Waals surface area contributed by atoms with E-state index in [-0.39, 0.29) is 17.1 Å². The van der Waals surface area contributed by atoms with E-state index >= 15 is 0 Å². The summed E-state index contributed by atoms with van der Waals surface area (Å²) in [5.41, 5.74) is 0.410. The lowest BCUT2D eigenvalue weighted by Gasteiger charge is -2.60. The van der Waals surface area contributed by atoms with Crippen LogP contribution in [0.15, 0.2) is 24.3 Å². The number of amides is 1. The SMILES string of the molecule is O=C(CC12CC3CC(CC(O)(C3)C1)C2)NCCc1cccc(F)c1. The van der Waals surface area contributed by atoms with Crippen molar-refractivity contribution in [3.8, 4) is 0 Å². The number of aliphatic hydroxyl groups is 1. The Morgan fingerprint density at radius 2 is 2.00 bits per heavy atom. The summed E-state index contributed by atoms with van der Waals surface area (Å²) in [6.07, 6.45) is 7.29. The van der Waals surface area contributed by atoms with Gasteiger partial charge in [0.2, 0.25) is 5.91 Å².